The topological polar surface area (TPSA) is 60.6 Å². The van der Waals surface area contributed by atoms with Crippen molar-refractivity contribution >= 4 is 0 Å². The van der Waals surface area contributed by atoms with Crippen molar-refractivity contribution in [1.82, 2.24) is 9.88 Å². The summed E-state index contributed by atoms with van der Waals surface area (Å²) in [4.78, 5) is 6.48. The third kappa shape index (κ3) is 3.36. The Hall–Kier alpha value is -1.33. The highest BCUT2D eigenvalue weighted by Gasteiger charge is 2.37. The van der Waals surface area contributed by atoms with Gasteiger partial charge in [0.15, 0.2) is 0 Å². The molecule has 1 aliphatic heterocycles. The van der Waals surface area contributed by atoms with Crippen LogP contribution in [0.5, 0.6) is 11.6 Å². The number of methoxy groups -OCH3 is 1. The zero-order valence-corrected chi connectivity index (χ0v) is 12.1. The number of aromatic nitrogens is 1. The van der Waals surface area contributed by atoms with Crippen LogP contribution < -0.4 is 15.2 Å². The van der Waals surface area contributed by atoms with Crippen LogP contribution in [0.3, 0.4) is 0 Å². The summed E-state index contributed by atoms with van der Waals surface area (Å²) in [6, 6.07) is 3.68. The van der Waals surface area contributed by atoms with Crippen LogP contribution in [-0.4, -0.2) is 47.8 Å². The highest BCUT2D eigenvalue weighted by atomic mass is 16.5. The van der Waals surface area contributed by atoms with Crippen LogP contribution in [0.25, 0.3) is 0 Å². The minimum absolute atomic E-state index is 0.00872. The SMILES string of the molecule is COc1ccc(OC2CN(C(C)(C)C)CC2N)cn1. The molecule has 2 rings (SSSR count). The first-order valence-electron chi connectivity index (χ1n) is 6.57. The van der Waals surface area contributed by atoms with E-state index >= 15 is 0 Å². The van der Waals surface area contributed by atoms with Crippen LogP contribution in [0.15, 0.2) is 18.3 Å². The second-order valence-electron chi connectivity index (χ2n) is 5.93. The lowest BCUT2D eigenvalue weighted by atomic mass is 10.1. The van der Waals surface area contributed by atoms with Gasteiger partial charge in [-0.2, -0.15) is 0 Å². The number of rotatable bonds is 3. The summed E-state index contributed by atoms with van der Waals surface area (Å²) in [6.07, 6.45) is 1.68. The fraction of sp³-hybridized carbons (Fsp3) is 0.643. The molecule has 106 valence electrons. The van der Waals surface area contributed by atoms with Gasteiger partial charge >= 0.3 is 0 Å². The Morgan fingerprint density at radius 3 is 2.53 bits per heavy atom. The summed E-state index contributed by atoms with van der Waals surface area (Å²) in [5.74, 6) is 1.32. The van der Waals surface area contributed by atoms with Crippen LogP contribution >= 0.6 is 0 Å². The van der Waals surface area contributed by atoms with Crippen molar-refractivity contribution in [2.45, 2.75) is 38.5 Å². The minimum atomic E-state index is 0.00872. The van der Waals surface area contributed by atoms with Crippen molar-refractivity contribution in [2.75, 3.05) is 20.2 Å². The molecule has 1 aromatic rings. The monoisotopic (exact) mass is 265 g/mol. The molecule has 1 fully saturated rings. The fourth-order valence-electron chi connectivity index (χ4n) is 2.20. The van der Waals surface area contributed by atoms with Crippen molar-refractivity contribution < 1.29 is 9.47 Å². The molecule has 0 spiro atoms. The van der Waals surface area contributed by atoms with Gasteiger partial charge in [-0.25, -0.2) is 4.98 Å². The number of nitrogens with zero attached hydrogens (tertiary/aromatic N) is 2. The fourth-order valence-corrected chi connectivity index (χ4v) is 2.20. The van der Waals surface area contributed by atoms with Crippen molar-refractivity contribution in [3.8, 4) is 11.6 Å². The van der Waals surface area contributed by atoms with Gasteiger partial charge in [-0.1, -0.05) is 0 Å². The summed E-state index contributed by atoms with van der Waals surface area (Å²) in [7, 11) is 1.59. The Balaban J connectivity index is 1.99. The van der Waals surface area contributed by atoms with Crippen LogP contribution in [-0.2, 0) is 0 Å². The highest BCUT2D eigenvalue weighted by molar-refractivity contribution is 5.23. The standard InChI is InChI=1S/C14H23N3O2/c1-14(2,3)17-8-11(15)12(9-17)19-10-5-6-13(18-4)16-7-10/h5-7,11-12H,8-9,15H2,1-4H3. The van der Waals surface area contributed by atoms with E-state index in [-0.39, 0.29) is 17.7 Å². The van der Waals surface area contributed by atoms with Crippen molar-refractivity contribution in [3.63, 3.8) is 0 Å². The Morgan fingerprint density at radius 2 is 2.05 bits per heavy atom. The zero-order valence-electron chi connectivity index (χ0n) is 12.1. The number of nitrogens with two attached hydrogens (primary N) is 1. The summed E-state index contributed by atoms with van der Waals surface area (Å²) < 4.78 is 11.0. The molecule has 0 aromatic carbocycles. The predicted octanol–water partition coefficient (Wildman–Crippen LogP) is 1.28. The Kier molecular flexibility index (Phi) is 3.96. The second kappa shape index (κ2) is 5.35. The number of hydrogen-bond acceptors (Lipinski definition) is 5. The second-order valence-corrected chi connectivity index (χ2v) is 5.93. The maximum absolute atomic E-state index is 6.16. The van der Waals surface area contributed by atoms with Crippen LogP contribution in [0.4, 0.5) is 0 Å². The molecule has 1 saturated heterocycles. The Morgan fingerprint density at radius 1 is 1.32 bits per heavy atom. The van der Waals surface area contributed by atoms with Gasteiger partial charge < -0.3 is 15.2 Å². The number of ether oxygens (including phenoxy) is 2. The lowest BCUT2D eigenvalue weighted by molar-refractivity contribution is 0.140. The third-order valence-electron chi connectivity index (χ3n) is 3.46. The van der Waals surface area contributed by atoms with Gasteiger partial charge in [-0.3, -0.25) is 4.90 Å². The van der Waals surface area contributed by atoms with Crippen molar-refractivity contribution in [3.05, 3.63) is 18.3 Å². The average molecular weight is 265 g/mol. The first-order valence-corrected chi connectivity index (χ1v) is 6.57. The van der Waals surface area contributed by atoms with Gasteiger partial charge in [0.25, 0.3) is 0 Å². The first kappa shape index (κ1) is 14.1. The largest absolute Gasteiger partial charge is 0.486 e. The van der Waals surface area contributed by atoms with E-state index < -0.39 is 0 Å². The van der Waals surface area contributed by atoms with E-state index in [0.29, 0.717) is 5.88 Å². The van der Waals surface area contributed by atoms with Gasteiger partial charge in [0, 0.05) is 24.7 Å². The van der Waals surface area contributed by atoms with E-state index in [9.17, 15) is 0 Å². The number of pyridine rings is 1. The van der Waals surface area contributed by atoms with E-state index in [4.69, 9.17) is 15.2 Å². The van der Waals surface area contributed by atoms with Gasteiger partial charge in [-0.15, -0.1) is 0 Å². The molecule has 0 saturated carbocycles. The Labute approximate surface area is 114 Å². The average Bonchev–Trinajstić information content (AvgIpc) is 2.72. The third-order valence-corrected chi connectivity index (χ3v) is 3.46. The summed E-state index contributed by atoms with van der Waals surface area (Å²) in [5, 5.41) is 0. The molecule has 1 aliphatic rings. The number of hydrogen-bond donors (Lipinski definition) is 1. The molecule has 19 heavy (non-hydrogen) atoms. The van der Waals surface area contributed by atoms with Gasteiger partial charge in [0.2, 0.25) is 5.88 Å². The molecular formula is C14H23N3O2. The van der Waals surface area contributed by atoms with Gasteiger partial charge in [0.05, 0.1) is 19.3 Å². The van der Waals surface area contributed by atoms with Crippen LogP contribution in [0, 0.1) is 0 Å². The normalized spacial score (nSPS) is 24.5. The maximum Gasteiger partial charge on any atom is 0.213 e. The highest BCUT2D eigenvalue weighted by Crippen LogP contribution is 2.24. The van der Waals surface area contributed by atoms with Gasteiger partial charge in [-0.05, 0) is 26.8 Å². The summed E-state index contributed by atoms with van der Waals surface area (Å²) in [6.45, 7) is 8.28. The Bertz CT molecular complexity index is 414. The van der Waals surface area contributed by atoms with E-state index in [1.165, 1.54) is 0 Å². The van der Waals surface area contributed by atoms with Crippen LogP contribution in [0.2, 0.25) is 0 Å². The van der Waals surface area contributed by atoms with Gasteiger partial charge in [0.1, 0.15) is 11.9 Å². The molecule has 1 aromatic heterocycles. The predicted molar refractivity (Wildman–Crippen MR) is 74.5 cm³/mol. The molecule has 0 radical (unpaired) electrons. The maximum atomic E-state index is 6.16. The molecule has 0 aliphatic carbocycles. The molecule has 0 bridgehead atoms. The molecule has 5 nitrogen and oxygen atoms in total. The quantitative estimate of drug-likeness (QED) is 0.892. The molecule has 2 unspecified atom stereocenters. The molecule has 2 heterocycles. The number of likely N-dealkylation sites (tertiary alicyclic amines) is 1. The molecular weight excluding hydrogens is 242 g/mol. The molecule has 2 atom stereocenters. The van der Waals surface area contributed by atoms with E-state index in [0.717, 1.165) is 18.8 Å². The summed E-state index contributed by atoms with van der Waals surface area (Å²) in [5.41, 5.74) is 6.28. The zero-order chi connectivity index (χ0) is 14.0. The molecule has 2 N–H and O–H groups in total. The van der Waals surface area contributed by atoms with E-state index in [1.54, 1.807) is 19.4 Å². The van der Waals surface area contributed by atoms with Crippen molar-refractivity contribution in [1.29, 1.82) is 0 Å². The lowest BCUT2D eigenvalue weighted by Gasteiger charge is -2.31. The first-order chi connectivity index (χ1) is 8.90. The lowest BCUT2D eigenvalue weighted by Crippen LogP contribution is -2.40. The van der Waals surface area contributed by atoms with Crippen LogP contribution in [0.1, 0.15) is 20.8 Å². The van der Waals surface area contributed by atoms with Crippen molar-refractivity contribution in [2.24, 2.45) is 5.73 Å². The smallest absolute Gasteiger partial charge is 0.213 e. The molecule has 0 amide bonds. The molecule has 5 heteroatoms. The van der Waals surface area contributed by atoms with E-state index in [2.05, 4.69) is 30.7 Å². The summed E-state index contributed by atoms with van der Waals surface area (Å²) >= 11 is 0. The minimum Gasteiger partial charge on any atom is -0.486 e. The van der Waals surface area contributed by atoms with E-state index in [1.807, 2.05) is 6.07 Å².